The summed E-state index contributed by atoms with van der Waals surface area (Å²) in [6, 6.07) is 3.46. The molecule has 2 amide bonds. The minimum Gasteiger partial charge on any atom is -0.394 e. The van der Waals surface area contributed by atoms with Gasteiger partial charge in [0.1, 0.15) is 5.82 Å². The molecule has 166 valence electrons. The lowest BCUT2D eigenvalue weighted by Crippen LogP contribution is -2.38. The van der Waals surface area contributed by atoms with Gasteiger partial charge in [-0.1, -0.05) is 12.1 Å². The van der Waals surface area contributed by atoms with Crippen molar-refractivity contribution in [1.29, 1.82) is 0 Å². The van der Waals surface area contributed by atoms with Gasteiger partial charge in [-0.3, -0.25) is 10.3 Å². The van der Waals surface area contributed by atoms with Crippen LogP contribution in [0.1, 0.15) is 28.8 Å². The Hall–Kier alpha value is -2.98. The second-order valence-corrected chi connectivity index (χ2v) is 7.33. The third-order valence-electron chi connectivity index (χ3n) is 4.94. The van der Waals surface area contributed by atoms with E-state index >= 15 is 0 Å². The van der Waals surface area contributed by atoms with Crippen molar-refractivity contribution in [3.63, 3.8) is 0 Å². The van der Waals surface area contributed by atoms with Crippen LogP contribution >= 0.6 is 0 Å². The molecule has 1 aliphatic rings. The highest BCUT2D eigenvalue weighted by atomic mass is 19.4. The van der Waals surface area contributed by atoms with E-state index in [0.29, 0.717) is 32.1 Å². The summed E-state index contributed by atoms with van der Waals surface area (Å²) in [4.78, 5) is 22.1. The molecule has 0 fully saturated rings. The molecule has 3 rings (SSSR count). The zero-order chi connectivity index (χ0) is 22.6. The predicted molar refractivity (Wildman–Crippen MR) is 108 cm³/mol. The zero-order valence-electron chi connectivity index (χ0n) is 16.9. The lowest BCUT2D eigenvalue weighted by atomic mass is 9.99. The van der Waals surface area contributed by atoms with Gasteiger partial charge in [-0.25, -0.2) is 9.78 Å². The largest absolute Gasteiger partial charge is 0.417 e. The van der Waals surface area contributed by atoms with Crippen LogP contribution in [0.5, 0.6) is 0 Å². The summed E-state index contributed by atoms with van der Waals surface area (Å²) in [5.74, 6) is 0.0472. The average molecular weight is 436 g/mol. The number of amides is 2. The Morgan fingerprint density at radius 3 is 2.61 bits per heavy atom. The molecule has 3 N–H and O–H groups in total. The van der Waals surface area contributed by atoms with Crippen LogP contribution in [0.3, 0.4) is 0 Å². The Bertz CT molecular complexity index is 961. The van der Waals surface area contributed by atoms with E-state index < -0.39 is 23.9 Å². The van der Waals surface area contributed by atoms with Gasteiger partial charge in [0.05, 0.1) is 24.0 Å². The molecule has 0 aromatic carbocycles. The molecule has 1 aliphatic heterocycles. The maximum Gasteiger partial charge on any atom is 0.417 e. The van der Waals surface area contributed by atoms with E-state index in [-0.39, 0.29) is 12.4 Å². The Morgan fingerprint density at radius 1 is 1.29 bits per heavy atom. The molecule has 0 spiro atoms. The van der Waals surface area contributed by atoms with Gasteiger partial charge >= 0.3 is 12.2 Å². The standard InChI is InChI=1S/C21H23F3N4O3/c1-13-8-14(9-17(30)12-29)10-26-19(13)15-4-6-28(7-5-15)20(31)27-18-3-2-16(11-25-18)21(22,23)24/h2-4,8,10-11,17,29-30H,5-7,9,12H2,1H3,(H,25,27,31)/t17-/m1/s1. The lowest BCUT2D eigenvalue weighted by molar-refractivity contribution is -0.137. The topological polar surface area (TPSA) is 98.6 Å². The molecule has 1 atom stereocenters. The van der Waals surface area contributed by atoms with E-state index in [4.69, 9.17) is 5.11 Å². The number of aromatic nitrogens is 2. The van der Waals surface area contributed by atoms with Crippen molar-refractivity contribution in [3.8, 4) is 0 Å². The molecule has 10 heteroatoms. The van der Waals surface area contributed by atoms with E-state index in [9.17, 15) is 23.1 Å². The van der Waals surface area contributed by atoms with Crippen LogP contribution in [0, 0.1) is 6.92 Å². The summed E-state index contributed by atoms with van der Waals surface area (Å²) in [5.41, 5.74) is 2.68. The highest BCUT2D eigenvalue weighted by molar-refractivity contribution is 5.89. The fourth-order valence-corrected chi connectivity index (χ4v) is 3.31. The van der Waals surface area contributed by atoms with E-state index in [1.807, 2.05) is 19.1 Å². The van der Waals surface area contributed by atoms with Crippen LogP contribution in [-0.4, -0.2) is 56.9 Å². The fraction of sp³-hybridized carbons (Fsp3) is 0.381. The van der Waals surface area contributed by atoms with Gasteiger partial charge in [0.2, 0.25) is 0 Å². The van der Waals surface area contributed by atoms with E-state index in [1.165, 1.54) is 4.90 Å². The van der Waals surface area contributed by atoms with Crippen LogP contribution in [0.25, 0.3) is 5.57 Å². The normalized spacial score (nSPS) is 15.4. The highest BCUT2D eigenvalue weighted by Gasteiger charge is 2.30. The monoisotopic (exact) mass is 436 g/mol. The summed E-state index contributed by atoms with van der Waals surface area (Å²) in [6.07, 6.45) is -0.186. The zero-order valence-corrected chi connectivity index (χ0v) is 16.9. The number of urea groups is 1. The van der Waals surface area contributed by atoms with Crippen LogP contribution in [0.4, 0.5) is 23.8 Å². The van der Waals surface area contributed by atoms with E-state index in [2.05, 4.69) is 15.3 Å². The molecule has 2 aromatic rings. The first kappa shape index (κ1) is 22.7. The predicted octanol–water partition coefficient (Wildman–Crippen LogP) is 3.02. The average Bonchev–Trinajstić information content (AvgIpc) is 2.73. The highest BCUT2D eigenvalue weighted by Crippen LogP contribution is 2.29. The number of hydrogen-bond donors (Lipinski definition) is 3. The van der Waals surface area contributed by atoms with Gasteiger partial charge in [-0.2, -0.15) is 13.2 Å². The van der Waals surface area contributed by atoms with Gasteiger partial charge in [-0.15, -0.1) is 0 Å². The van der Waals surface area contributed by atoms with Crippen LogP contribution in [0.2, 0.25) is 0 Å². The smallest absolute Gasteiger partial charge is 0.394 e. The Balaban J connectivity index is 1.61. The van der Waals surface area contributed by atoms with Crippen molar-refractivity contribution in [2.75, 3.05) is 25.0 Å². The summed E-state index contributed by atoms with van der Waals surface area (Å²) >= 11 is 0. The Labute approximate surface area is 177 Å². The van der Waals surface area contributed by atoms with Crippen LogP contribution < -0.4 is 5.32 Å². The number of pyridine rings is 2. The number of carbonyl (C=O) groups is 1. The first-order valence-electron chi connectivity index (χ1n) is 9.70. The number of alkyl halides is 3. The van der Waals surface area contributed by atoms with Crippen molar-refractivity contribution in [1.82, 2.24) is 14.9 Å². The number of halogens is 3. The number of anilines is 1. The molecule has 3 heterocycles. The second-order valence-electron chi connectivity index (χ2n) is 7.33. The maximum absolute atomic E-state index is 12.6. The Morgan fingerprint density at radius 2 is 2.06 bits per heavy atom. The SMILES string of the molecule is Cc1cc(C[C@@H](O)CO)cnc1C1=CCN(C(=O)Nc2ccc(C(F)(F)F)cn2)CC1. The molecule has 0 bridgehead atoms. The number of aliphatic hydroxyl groups excluding tert-OH is 2. The van der Waals surface area contributed by atoms with Crippen molar-refractivity contribution in [3.05, 3.63) is 59.1 Å². The number of hydrogen-bond acceptors (Lipinski definition) is 5. The number of nitrogens with zero attached hydrogens (tertiary/aromatic N) is 3. The lowest BCUT2D eigenvalue weighted by Gasteiger charge is -2.27. The third-order valence-corrected chi connectivity index (χ3v) is 4.94. The van der Waals surface area contributed by atoms with Crippen molar-refractivity contribution in [2.45, 2.75) is 32.0 Å². The summed E-state index contributed by atoms with van der Waals surface area (Å²) in [6.45, 7) is 2.34. The molecule has 0 saturated carbocycles. The minimum absolute atomic E-state index is 0.0472. The van der Waals surface area contributed by atoms with Crippen LogP contribution in [0.15, 0.2) is 36.7 Å². The Kier molecular flexibility index (Phi) is 6.91. The number of rotatable bonds is 5. The molecule has 0 saturated heterocycles. The number of aliphatic hydroxyl groups is 2. The number of aryl methyl sites for hydroxylation is 1. The summed E-state index contributed by atoms with van der Waals surface area (Å²) in [7, 11) is 0. The number of carbonyl (C=O) groups excluding carboxylic acids is 1. The second kappa shape index (κ2) is 9.44. The molecule has 31 heavy (non-hydrogen) atoms. The number of nitrogens with one attached hydrogen (secondary N) is 1. The van der Waals surface area contributed by atoms with Gasteiger partial charge in [-0.05, 0) is 42.2 Å². The maximum atomic E-state index is 12.6. The molecule has 7 nitrogen and oxygen atoms in total. The molecule has 0 radical (unpaired) electrons. The van der Waals surface area contributed by atoms with Gasteiger partial charge in [0.25, 0.3) is 0 Å². The summed E-state index contributed by atoms with van der Waals surface area (Å²) in [5, 5.41) is 21.0. The molecular weight excluding hydrogens is 413 g/mol. The third kappa shape index (κ3) is 5.80. The van der Waals surface area contributed by atoms with Gasteiger partial charge in [0, 0.05) is 31.9 Å². The van der Waals surface area contributed by atoms with Crippen molar-refractivity contribution in [2.24, 2.45) is 0 Å². The van der Waals surface area contributed by atoms with Crippen molar-refractivity contribution < 1.29 is 28.2 Å². The first-order valence-corrected chi connectivity index (χ1v) is 9.70. The minimum atomic E-state index is -4.48. The fourth-order valence-electron chi connectivity index (χ4n) is 3.31. The van der Waals surface area contributed by atoms with Crippen LogP contribution in [-0.2, 0) is 12.6 Å². The summed E-state index contributed by atoms with van der Waals surface area (Å²) < 4.78 is 37.8. The molecular formula is C21H23F3N4O3. The molecule has 2 aromatic heterocycles. The van der Waals surface area contributed by atoms with Gasteiger partial charge < -0.3 is 15.1 Å². The molecule has 0 unspecified atom stereocenters. The van der Waals surface area contributed by atoms with Crippen molar-refractivity contribution >= 4 is 17.4 Å². The van der Waals surface area contributed by atoms with E-state index in [1.54, 1.807) is 6.20 Å². The quantitative estimate of drug-likeness (QED) is 0.669. The molecule has 0 aliphatic carbocycles. The van der Waals surface area contributed by atoms with E-state index in [0.717, 1.165) is 34.5 Å². The first-order chi connectivity index (χ1) is 14.7. The van der Waals surface area contributed by atoms with Gasteiger partial charge in [0.15, 0.2) is 0 Å².